The van der Waals surface area contributed by atoms with Crippen molar-refractivity contribution >= 4 is 0 Å². The maximum atomic E-state index is 13.6. The van der Waals surface area contributed by atoms with Crippen LogP contribution in [0.3, 0.4) is 0 Å². The lowest BCUT2D eigenvalue weighted by Crippen LogP contribution is -2.20. The Balaban J connectivity index is 2.28. The molecule has 112 valence electrons. The summed E-state index contributed by atoms with van der Waals surface area (Å²) < 4.78 is 18.8. The molecule has 2 atom stereocenters. The number of hydrogen-bond donors (Lipinski definition) is 2. The molecule has 0 saturated heterocycles. The third kappa shape index (κ3) is 3.40. The largest absolute Gasteiger partial charge is 0.497 e. The van der Waals surface area contributed by atoms with Gasteiger partial charge in [0.15, 0.2) is 0 Å². The van der Waals surface area contributed by atoms with Gasteiger partial charge in [0.25, 0.3) is 0 Å². The number of halogens is 1. The molecule has 0 heterocycles. The van der Waals surface area contributed by atoms with E-state index in [9.17, 15) is 9.50 Å². The molecular formula is C17H20FNO2. The van der Waals surface area contributed by atoms with Gasteiger partial charge in [-0.1, -0.05) is 24.3 Å². The van der Waals surface area contributed by atoms with E-state index in [1.807, 2.05) is 24.3 Å². The van der Waals surface area contributed by atoms with Gasteiger partial charge in [0, 0.05) is 12.5 Å². The van der Waals surface area contributed by atoms with Crippen molar-refractivity contribution in [3.05, 3.63) is 65.0 Å². The normalized spacial score (nSPS) is 13.8. The van der Waals surface area contributed by atoms with Crippen molar-refractivity contribution < 1.29 is 14.2 Å². The Hall–Kier alpha value is -1.91. The highest BCUT2D eigenvalue weighted by atomic mass is 19.1. The highest BCUT2D eigenvalue weighted by molar-refractivity contribution is 5.33. The topological polar surface area (TPSA) is 55.5 Å². The number of hydrogen-bond acceptors (Lipinski definition) is 3. The average molecular weight is 289 g/mol. The van der Waals surface area contributed by atoms with Crippen molar-refractivity contribution in [2.75, 3.05) is 13.7 Å². The number of methoxy groups -OCH3 is 1. The quantitative estimate of drug-likeness (QED) is 0.890. The van der Waals surface area contributed by atoms with Crippen molar-refractivity contribution in [3.8, 4) is 5.75 Å². The zero-order chi connectivity index (χ0) is 15.4. The lowest BCUT2D eigenvalue weighted by Gasteiger charge is -2.22. The molecule has 21 heavy (non-hydrogen) atoms. The second-order valence-electron chi connectivity index (χ2n) is 5.07. The first-order valence-electron chi connectivity index (χ1n) is 6.85. The van der Waals surface area contributed by atoms with Crippen molar-refractivity contribution in [2.24, 2.45) is 5.73 Å². The summed E-state index contributed by atoms with van der Waals surface area (Å²) in [6, 6.07) is 12.1. The SMILES string of the molecule is COc1ccc(C(CN)C(O)c2ccc(C)c(F)c2)cc1. The molecule has 2 aromatic rings. The van der Waals surface area contributed by atoms with Gasteiger partial charge in [-0.05, 0) is 41.8 Å². The zero-order valence-electron chi connectivity index (χ0n) is 12.2. The van der Waals surface area contributed by atoms with Gasteiger partial charge in [0.2, 0.25) is 0 Å². The van der Waals surface area contributed by atoms with Crippen LogP contribution in [-0.2, 0) is 0 Å². The maximum Gasteiger partial charge on any atom is 0.126 e. The summed E-state index contributed by atoms with van der Waals surface area (Å²) in [6.07, 6.45) is -0.849. The fourth-order valence-corrected chi connectivity index (χ4v) is 2.32. The first kappa shape index (κ1) is 15.5. The Morgan fingerprint density at radius 3 is 2.29 bits per heavy atom. The number of rotatable bonds is 5. The van der Waals surface area contributed by atoms with E-state index in [0.29, 0.717) is 11.1 Å². The predicted molar refractivity (Wildman–Crippen MR) is 80.9 cm³/mol. The molecule has 2 rings (SSSR count). The summed E-state index contributed by atoms with van der Waals surface area (Å²) in [5.74, 6) is 0.125. The first-order chi connectivity index (χ1) is 10.1. The molecule has 0 aliphatic heterocycles. The molecule has 0 amide bonds. The van der Waals surface area contributed by atoms with Crippen LogP contribution in [0, 0.1) is 12.7 Å². The second-order valence-corrected chi connectivity index (χ2v) is 5.07. The summed E-state index contributed by atoms with van der Waals surface area (Å²) in [5.41, 5.74) is 7.78. The van der Waals surface area contributed by atoms with Gasteiger partial charge < -0.3 is 15.6 Å². The Kier molecular flexibility index (Phi) is 4.94. The van der Waals surface area contributed by atoms with Gasteiger partial charge in [-0.25, -0.2) is 4.39 Å². The summed E-state index contributed by atoms with van der Waals surface area (Å²) >= 11 is 0. The minimum absolute atomic E-state index is 0.267. The third-order valence-electron chi connectivity index (χ3n) is 3.72. The molecular weight excluding hydrogens is 269 g/mol. The standard InChI is InChI=1S/C17H20FNO2/c1-11-3-4-13(9-16(11)18)17(20)15(10-19)12-5-7-14(21-2)8-6-12/h3-9,15,17,20H,10,19H2,1-2H3. The second kappa shape index (κ2) is 6.70. The smallest absolute Gasteiger partial charge is 0.126 e. The van der Waals surface area contributed by atoms with Gasteiger partial charge in [0.1, 0.15) is 11.6 Å². The van der Waals surface area contributed by atoms with Gasteiger partial charge in [-0.2, -0.15) is 0 Å². The zero-order valence-corrected chi connectivity index (χ0v) is 12.2. The van der Waals surface area contributed by atoms with Crippen LogP contribution in [-0.4, -0.2) is 18.8 Å². The lowest BCUT2D eigenvalue weighted by molar-refractivity contribution is 0.147. The van der Waals surface area contributed by atoms with Gasteiger partial charge in [0.05, 0.1) is 13.2 Å². The molecule has 0 fully saturated rings. The van der Waals surface area contributed by atoms with E-state index in [2.05, 4.69) is 0 Å². The summed E-state index contributed by atoms with van der Waals surface area (Å²) in [7, 11) is 1.60. The van der Waals surface area contributed by atoms with Gasteiger partial charge in [-0.15, -0.1) is 0 Å². The summed E-state index contributed by atoms with van der Waals surface area (Å²) in [4.78, 5) is 0. The molecule has 0 aliphatic rings. The molecule has 0 aliphatic carbocycles. The van der Waals surface area contributed by atoms with Crippen LogP contribution in [0.4, 0.5) is 4.39 Å². The Morgan fingerprint density at radius 1 is 1.14 bits per heavy atom. The molecule has 0 aromatic heterocycles. The molecule has 2 unspecified atom stereocenters. The molecule has 0 bridgehead atoms. The van der Waals surface area contributed by atoms with E-state index in [0.717, 1.165) is 11.3 Å². The third-order valence-corrected chi connectivity index (χ3v) is 3.72. The summed E-state index contributed by atoms with van der Waals surface area (Å²) in [6.45, 7) is 1.96. The number of aliphatic hydroxyl groups is 1. The monoisotopic (exact) mass is 289 g/mol. The Morgan fingerprint density at radius 2 is 1.76 bits per heavy atom. The fourth-order valence-electron chi connectivity index (χ4n) is 2.32. The molecule has 3 nitrogen and oxygen atoms in total. The molecule has 3 N–H and O–H groups in total. The van der Waals surface area contributed by atoms with Crippen LogP contribution in [0.15, 0.2) is 42.5 Å². The van der Waals surface area contributed by atoms with Crippen LogP contribution in [0.25, 0.3) is 0 Å². The van der Waals surface area contributed by atoms with Crippen LogP contribution >= 0.6 is 0 Å². The van der Waals surface area contributed by atoms with Crippen molar-refractivity contribution in [1.29, 1.82) is 0 Å². The molecule has 0 spiro atoms. The fraction of sp³-hybridized carbons (Fsp3) is 0.294. The minimum atomic E-state index is -0.849. The summed E-state index contributed by atoms with van der Waals surface area (Å²) in [5, 5.41) is 10.5. The van der Waals surface area contributed by atoms with Crippen molar-refractivity contribution in [2.45, 2.75) is 18.9 Å². The van der Waals surface area contributed by atoms with Crippen molar-refractivity contribution in [1.82, 2.24) is 0 Å². The van der Waals surface area contributed by atoms with E-state index in [4.69, 9.17) is 10.5 Å². The molecule has 0 saturated carbocycles. The first-order valence-corrected chi connectivity index (χ1v) is 6.85. The number of nitrogens with two attached hydrogens (primary N) is 1. The van der Waals surface area contributed by atoms with Crippen LogP contribution in [0.1, 0.15) is 28.7 Å². The maximum absolute atomic E-state index is 13.6. The highest BCUT2D eigenvalue weighted by Gasteiger charge is 2.22. The Labute approximate surface area is 124 Å². The molecule has 0 radical (unpaired) electrons. The Bertz CT molecular complexity index is 598. The van der Waals surface area contributed by atoms with E-state index in [1.54, 1.807) is 26.2 Å². The van der Waals surface area contributed by atoms with E-state index < -0.39 is 6.10 Å². The molecule has 2 aromatic carbocycles. The van der Waals surface area contributed by atoms with E-state index in [1.165, 1.54) is 6.07 Å². The van der Waals surface area contributed by atoms with E-state index in [-0.39, 0.29) is 18.3 Å². The lowest BCUT2D eigenvalue weighted by atomic mass is 9.89. The number of ether oxygens (including phenoxy) is 1. The molecule has 4 heteroatoms. The van der Waals surface area contributed by atoms with Crippen molar-refractivity contribution in [3.63, 3.8) is 0 Å². The number of benzene rings is 2. The number of aliphatic hydroxyl groups excluding tert-OH is 1. The van der Waals surface area contributed by atoms with Crippen LogP contribution in [0.5, 0.6) is 5.75 Å². The van der Waals surface area contributed by atoms with Crippen LogP contribution in [0.2, 0.25) is 0 Å². The average Bonchev–Trinajstić information content (AvgIpc) is 2.51. The van der Waals surface area contributed by atoms with Gasteiger partial charge >= 0.3 is 0 Å². The minimum Gasteiger partial charge on any atom is -0.497 e. The van der Waals surface area contributed by atoms with Gasteiger partial charge in [-0.3, -0.25) is 0 Å². The number of aryl methyl sites for hydroxylation is 1. The predicted octanol–water partition coefficient (Wildman–Crippen LogP) is 2.92. The van der Waals surface area contributed by atoms with E-state index >= 15 is 0 Å². The highest BCUT2D eigenvalue weighted by Crippen LogP contribution is 2.31. The van der Waals surface area contributed by atoms with Crippen LogP contribution < -0.4 is 10.5 Å².